The molecule has 1 heterocycles. The van der Waals surface area contributed by atoms with E-state index in [1.54, 1.807) is 19.1 Å². The van der Waals surface area contributed by atoms with Crippen LogP contribution in [0.2, 0.25) is 0 Å². The molecular formula is C18H28FN3O5S. The number of hydrogen-bond acceptors (Lipinski definition) is 6. The van der Waals surface area contributed by atoms with Crippen molar-refractivity contribution in [3.05, 3.63) is 30.1 Å². The van der Waals surface area contributed by atoms with E-state index >= 15 is 0 Å². The summed E-state index contributed by atoms with van der Waals surface area (Å²) in [6.45, 7) is 3.56. The van der Waals surface area contributed by atoms with Gasteiger partial charge in [0.2, 0.25) is 15.9 Å². The van der Waals surface area contributed by atoms with Gasteiger partial charge in [0.25, 0.3) is 0 Å². The van der Waals surface area contributed by atoms with Crippen molar-refractivity contribution in [2.75, 3.05) is 73.2 Å². The summed E-state index contributed by atoms with van der Waals surface area (Å²) in [5.74, 6) is -0.535. The van der Waals surface area contributed by atoms with Crippen LogP contribution in [0.15, 0.2) is 29.2 Å². The highest BCUT2D eigenvalue weighted by Gasteiger charge is 2.30. The molecule has 0 saturated carbocycles. The van der Waals surface area contributed by atoms with Gasteiger partial charge in [0, 0.05) is 53.5 Å². The molecule has 1 saturated heterocycles. The number of methoxy groups -OCH3 is 2. The van der Waals surface area contributed by atoms with Crippen LogP contribution >= 0.6 is 0 Å². The molecule has 0 N–H and O–H groups in total. The minimum absolute atomic E-state index is 0.0500. The quantitative estimate of drug-likeness (QED) is 0.543. The van der Waals surface area contributed by atoms with Crippen molar-refractivity contribution in [1.29, 1.82) is 0 Å². The van der Waals surface area contributed by atoms with E-state index in [2.05, 4.69) is 0 Å². The van der Waals surface area contributed by atoms with Crippen molar-refractivity contribution in [1.82, 2.24) is 14.1 Å². The molecule has 1 aliphatic heterocycles. The Bertz CT molecular complexity index is 713. The van der Waals surface area contributed by atoms with Gasteiger partial charge in [-0.05, 0) is 24.3 Å². The van der Waals surface area contributed by atoms with E-state index in [9.17, 15) is 17.6 Å². The lowest BCUT2D eigenvalue weighted by atomic mass is 10.3. The number of halogens is 1. The Morgan fingerprint density at radius 3 is 2.07 bits per heavy atom. The fourth-order valence-corrected chi connectivity index (χ4v) is 4.36. The van der Waals surface area contributed by atoms with Gasteiger partial charge in [0.1, 0.15) is 5.82 Å². The third-order valence-corrected chi connectivity index (χ3v) is 6.54. The van der Waals surface area contributed by atoms with E-state index in [0.29, 0.717) is 39.4 Å². The number of carbonyl (C=O) groups excluding carboxylic acids is 1. The monoisotopic (exact) mass is 417 g/mol. The molecule has 1 amide bonds. The average molecular weight is 418 g/mol. The molecule has 0 spiro atoms. The predicted octanol–water partition coefficient (Wildman–Crippen LogP) is 0.253. The molecule has 0 aromatic heterocycles. The highest BCUT2D eigenvalue weighted by molar-refractivity contribution is 7.89. The summed E-state index contributed by atoms with van der Waals surface area (Å²) in [6.07, 6.45) is 0. The zero-order valence-corrected chi connectivity index (χ0v) is 17.2. The summed E-state index contributed by atoms with van der Waals surface area (Å²) in [7, 11) is -0.473. The van der Waals surface area contributed by atoms with Gasteiger partial charge in [-0.3, -0.25) is 9.69 Å². The van der Waals surface area contributed by atoms with Crippen LogP contribution in [0.3, 0.4) is 0 Å². The lowest BCUT2D eigenvalue weighted by Gasteiger charge is -2.35. The second-order valence-corrected chi connectivity index (χ2v) is 8.44. The van der Waals surface area contributed by atoms with E-state index in [-0.39, 0.29) is 30.4 Å². The first-order valence-electron chi connectivity index (χ1n) is 9.12. The molecule has 1 fully saturated rings. The Morgan fingerprint density at radius 1 is 1.04 bits per heavy atom. The summed E-state index contributed by atoms with van der Waals surface area (Å²) in [4.78, 5) is 16.3. The third-order valence-electron chi connectivity index (χ3n) is 4.62. The van der Waals surface area contributed by atoms with Gasteiger partial charge in [0.15, 0.2) is 0 Å². The van der Waals surface area contributed by atoms with Crippen molar-refractivity contribution in [2.24, 2.45) is 0 Å². The molecule has 0 aliphatic carbocycles. The van der Waals surface area contributed by atoms with Crippen LogP contribution in [-0.4, -0.2) is 102 Å². The molecule has 2 rings (SSSR count). The highest BCUT2D eigenvalue weighted by Crippen LogP contribution is 2.18. The Morgan fingerprint density at radius 2 is 1.57 bits per heavy atom. The number of nitrogens with zero attached hydrogens (tertiary/aromatic N) is 3. The Labute approximate surface area is 165 Å². The predicted molar refractivity (Wildman–Crippen MR) is 102 cm³/mol. The van der Waals surface area contributed by atoms with Gasteiger partial charge in [-0.2, -0.15) is 4.31 Å². The van der Waals surface area contributed by atoms with E-state index in [1.165, 1.54) is 16.4 Å². The zero-order chi connectivity index (χ0) is 20.6. The van der Waals surface area contributed by atoms with Crippen molar-refractivity contribution in [3.8, 4) is 0 Å². The van der Waals surface area contributed by atoms with Crippen LogP contribution in [-0.2, 0) is 24.3 Å². The molecule has 8 nitrogen and oxygen atoms in total. The first-order chi connectivity index (χ1) is 13.4. The number of rotatable bonds is 10. The maximum Gasteiger partial charge on any atom is 0.243 e. The second-order valence-electron chi connectivity index (χ2n) is 6.50. The molecule has 28 heavy (non-hydrogen) atoms. The fourth-order valence-electron chi connectivity index (χ4n) is 2.94. The van der Waals surface area contributed by atoms with Crippen molar-refractivity contribution >= 4 is 15.9 Å². The first kappa shape index (κ1) is 22.7. The van der Waals surface area contributed by atoms with Crippen LogP contribution in [0.25, 0.3) is 0 Å². The van der Waals surface area contributed by atoms with Crippen molar-refractivity contribution in [2.45, 2.75) is 4.90 Å². The SMILES string of the molecule is COCCN(CCOC)CC(=O)N1CCN(S(=O)(=O)c2ccc(F)cc2)CC1. The highest BCUT2D eigenvalue weighted by atomic mass is 32.2. The minimum atomic E-state index is -3.69. The van der Waals surface area contributed by atoms with E-state index in [0.717, 1.165) is 12.1 Å². The Balaban J connectivity index is 1.91. The number of hydrogen-bond donors (Lipinski definition) is 0. The number of piperazine rings is 1. The van der Waals surface area contributed by atoms with E-state index in [4.69, 9.17) is 9.47 Å². The maximum atomic E-state index is 13.0. The van der Waals surface area contributed by atoms with Gasteiger partial charge >= 0.3 is 0 Å². The summed E-state index contributed by atoms with van der Waals surface area (Å²) in [5, 5.41) is 0. The molecule has 10 heteroatoms. The number of benzene rings is 1. The van der Waals surface area contributed by atoms with Gasteiger partial charge in [-0.25, -0.2) is 12.8 Å². The average Bonchev–Trinajstić information content (AvgIpc) is 2.70. The lowest BCUT2D eigenvalue weighted by molar-refractivity contribution is -0.133. The molecule has 0 radical (unpaired) electrons. The fraction of sp³-hybridized carbons (Fsp3) is 0.611. The largest absolute Gasteiger partial charge is 0.383 e. The summed E-state index contributed by atoms with van der Waals surface area (Å²) < 4.78 is 49.8. The molecule has 0 unspecified atom stereocenters. The number of amides is 1. The van der Waals surface area contributed by atoms with Gasteiger partial charge in [-0.15, -0.1) is 0 Å². The van der Waals surface area contributed by atoms with Gasteiger partial charge in [0.05, 0.1) is 24.7 Å². The van der Waals surface area contributed by atoms with Crippen LogP contribution in [0.1, 0.15) is 0 Å². The summed E-state index contributed by atoms with van der Waals surface area (Å²) >= 11 is 0. The number of ether oxygens (including phenoxy) is 2. The normalized spacial score (nSPS) is 15.9. The molecule has 158 valence electrons. The Kier molecular flexibility index (Phi) is 8.77. The van der Waals surface area contributed by atoms with Crippen LogP contribution < -0.4 is 0 Å². The summed E-state index contributed by atoms with van der Waals surface area (Å²) in [6, 6.07) is 4.76. The molecule has 0 bridgehead atoms. The van der Waals surface area contributed by atoms with Crippen molar-refractivity contribution in [3.63, 3.8) is 0 Å². The standard InChI is InChI=1S/C18H28FN3O5S/c1-26-13-11-20(12-14-27-2)15-18(23)21-7-9-22(10-8-21)28(24,25)17-5-3-16(19)4-6-17/h3-6H,7-15H2,1-2H3. The van der Waals surface area contributed by atoms with Crippen LogP contribution in [0, 0.1) is 5.82 Å². The Hall–Kier alpha value is -1.59. The molecule has 1 aromatic rings. The molecular weight excluding hydrogens is 389 g/mol. The van der Waals surface area contributed by atoms with Crippen LogP contribution in [0.5, 0.6) is 0 Å². The topological polar surface area (TPSA) is 79.4 Å². The van der Waals surface area contributed by atoms with Gasteiger partial charge in [-0.1, -0.05) is 0 Å². The number of sulfonamides is 1. The van der Waals surface area contributed by atoms with E-state index in [1.807, 2.05) is 4.90 Å². The number of carbonyl (C=O) groups is 1. The molecule has 0 atom stereocenters. The first-order valence-corrected chi connectivity index (χ1v) is 10.6. The third kappa shape index (κ3) is 6.21. The molecule has 1 aromatic carbocycles. The van der Waals surface area contributed by atoms with Crippen LogP contribution in [0.4, 0.5) is 4.39 Å². The lowest BCUT2D eigenvalue weighted by Crippen LogP contribution is -2.52. The smallest absolute Gasteiger partial charge is 0.243 e. The maximum absolute atomic E-state index is 13.0. The van der Waals surface area contributed by atoms with Crippen molar-refractivity contribution < 1.29 is 27.1 Å². The van der Waals surface area contributed by atoms with E-state index < -0.39 is 15.8 Å². The summed E-state index contributed by atoms with van der Waals surface area (Å²) in [5.41, 5.74) is 0. The molecule has 1 aliphatic rings. The zero-order valence-electron chi connectivity index (χ0n) is 16.3. The minimum Gasteiger partial charge on any atom is -0.383 e. The van der Waals surface area contributed by atoms with Gasteiger partial charge < -0.3 is 14.4 Å². The second kappa shape index (κ2) is 10.8.